The van der Waals surface area contributed by atoms with Crippen molar-refractivity contribution in [2.24, 2.45) is 11.7 Å². The maximum atomic E-state index is 12.5. The van der Waals surface area contributed by atoms with Crippen molar-refractivity contribution in [3.8, 4) is 0 Å². The van der Waals surface area contributed by atoms with Gasteiger partial charge in [0.2, 0.25) is 11.8 Å². The predicted molar refractivity (Wildman–Crippen MR) is 117 cm³/mol. The van der Waals surface area contributed by atoms with E-state index in [9.17, 15) is 18.0 Å². The van der Waals surface area contributed by atoms with E-state index in [1.807, 2.05) is 30.3 Å². The molecule has 2 aromatic rings. The van der Waals surface area contributed by atoms with Gasteiger partial charge >= 0.3 is 0 Å². The summed E-state index contributed by atoms with van der Waals surface area (Å²) in [4.78, 5) is 23.6. The minimum atomic E-state index is -3.61. The van der Waals surface area contributed by atoms with Crippen LogP contribution in [0.15, 0.2) is 77.0 Å². The zero-order chi connectivity index (χ0) is 22.0. The number of hydrogen-bond donors (Lipinski definition) is 2. The molecule has 0 saturated heterocycles. The van der Waals surface area contributed by atoms with Crippen molar-refractivity contribution >= 4 is 21.7 Å². The van der Waals surface area contributed by atoms with Gasteiger partial charge in [0, 0.05) is 17.4 Å². The van der Waals surface area contributed by atoms with Gasteiger partial charge in [0.15, 0.2) is 9.84 Å². The van der Waals surface area contributed by atoms with Gasteiger partial charge in [0.05, 0.1) is 11.3 Å². The second-order valence-corrected chi connectivity index (χ2v) is 8.90. The number of carbonyl (C=O) groups is 2. The summed E-state index contributed by atoms with van der Waals surface area (Å²) in [5.74, 6) is -1.30. The molecule has 0 aliphatic heterocycles. The SMILES string of the molecule is CC(C[CH]C(=O)NC(C=CS(=O)(=O)c1ccccc1)CCc1ccccc1)C(N)=O. The lowest BCUT2D eigenvalue weighted by atomic mass is 10.0. The van der Waals surface area contributed by atoms with Gasteiger partial charge in [-0.25, -0.2) is 8.42 Å². The average Bonchev–Trinajstić information content (AvgIpc) is 2.75. The lowest BCUT2D eigenvalue weighted by Gasteiger charge is -2.16. The van der Waals surface area contributed by atoms with E-state index in [4.69, 9.17) is 5.73 Å². The van der Waals surface area contributed by atoms with Crippen LogP contribution < -0.4 is 11.1 Å². The molecule has 0 aliphatic carbocycles. The molecule has 2 rings (SSSR count). The maximum absolute atomic E-state index is 12.5. The summed E-state index contributed by atoms with van der Waals surface area (Å²) in [7, 11) is -3.61. The Morgan fingerprint density at radius 1 is 1.03 bits per heavy atom. The quantitative estimate of drug-likeness (QED) is 0.575. The first kappa shape index (κ1) is 23.3. The molecule has 0 fully saturated rings. The Balaban J connectivity index is 2.08. The Bertz CT molecular complexity index is 957. The third-order valence-corrected chi connectivity index (χ3v) is 6.06. The number of rotatable bonds is 11. The average molecular weight is 428 g/mol. The smallest absolute Gasteiger partial charge is 0.224 e. The molecule has 0 spiro atoms. The first-order chi connectivity index (χ1) is 14.3. The molecule has 0 heterocycles. The van der Waals surface area contributed by atoms with Crippen LogP contribution in [0.1, 0.15) is 25.3 Å². The van der Waals surface area contributed by atoms with Gasteiger partial charge in [-0.15, -0.1) is 0 Å². The van der Waals surface area contributed by atoms with Gasteiger partial charge in [-0.05, 0) is 37.0 Å². The van der Waals surface area contributed by atoms with Crippen LogP contribution in [0.25, 0.3) is 0 Å². The lowest BCUT2D eigenvalue weighted by Crippen LogP contribution is -2.35. The zero-order valence-electron chi connectivity index (χ0n) is 16.9. The molecule has 2 aromatic carbocycles. The Labute approximate surface area is 178 Å². The fraction of sp³-hybridized carbons (Fsp3) is 0.261. The number of primary amides is 1. The van der Waals surface area contributed by atoms with Gasteiger partial charge < -0.3 is 11.1 Å². The highest BCUT2D eigenvalue weighted by molar-refractivity contribution is 7.94. The third-order valence-electron chi connectivity index (χ3n) is 4.62. The molecule has 7 heteroatoms. The minimum absolute atomic E-state index is 0.191. The van der Waals surface area contributed by atoms with Crippen LogP contribution >= 0.6 is 0 Å². The summed E-state index contributed by atoms with van der Waals surface area (Å²) in [6.45, 7) is 1.64. The number of hydrogen-bond acceptors (Lipinski definition) is 4. The largest absolute Gasteiger partial charge is 0.369 e. The number of carbonyl (C=O) groups excluding carboxylic acids is 2. The Hall–Kier alpha value is -2.93. The standard InChI is InChI=1S/C23H27N2O4S/c1-18(23(24)27)12-15-22(26)25-20(14-13-19-8-4-2-5-9-19)16-17-30(28,29)21-10-6-3-7-11-21/h2-11,15-18,20H,12-14H2,1H3,(H2,24,27)(H,25,26). The first-order valence-electron chi connectivity index (χ1n) is 9.73. The van der Waals surface area contributed by atoms with Crippen molar-refractivity contribution in [2.45, 2.75) is 37.1 Å². The van der Waals surface area contributed by atoms with Crippen LogP contribution in [0.4, 0.5) is 0 Å². The van der Waals surface area contributed by atoms with E-state index in [-0.39, 0.29) is 17.2 Å². The molecular formula is C23H27N2O4S. The summed E-state index contributed by atoms with van der Waals surface area (Å²) < 4.78 is 25.1. The van der Waals surface area contributed by atoms with E-state index in [0.717, 1.165) is 11.0 Å². The normalized spacial score (nSPS) is 13.6. The molecule has 2 atom stereocenters. The molecule has 0 bridgehead atoms. The second-order valence-electron chi connectivity index (χ2n) is 7.07. The molecule has 0 saturated carbocycles. The van der Waals surface area contributed by atoms with Crippen LogP contribution in [-0.2, 0) is 25.8 Å². The zero-order valence-corrected chi connectivity index (χ0v) is 17.7. The highest BCUT2D eigenvalue weighted by atomic mass is 32.2. The monoisotopic (exact) mass is 427 g/mol. The van der Waals surface area contributed by atoms with Gasteiger partial charge in [-0.3, -0.25) is 9.59 Å². The topological polar surface area (TPSA) is 106 Å². The fourth-order valence-corrected chi connectivity index (χ4v) is 3.80. The number of nitrogens with two attached hydrogens (primary N) is 1. The van der Waals surface area contributed by atoms with Gasteiger partial charge in [-0.2, -0.15) is 0 Å². The number of amides is 2. The van der Waals surface area contributed by atoms with Crippen molar-refractivity contribution in [2.75, 3.05) is 0 Å². The molecule has 0 aliphatic rings. The molecule has 159 valence electrons. The van der Waals surface area contributed by atoms with E-state index in [1.54, 1.807) is 25.1 Å². The molecule has 30 heavy (non-hydrogen) atoms. The van der Waals surface area contributed by atoms with E-state index in [1.165, 1.54) is 24.6 Å². The number of nitrogens with one attached hydrogen (secondary N) is 1. The van der Waals surface area contributed by atoms with Crippen molar-refractivity contribution in [3.63, 3.8) is 0 Å². The Morgan fingerprint density at radius 3 is 2.23 bits per heavy atom. The first-order valence-corrected chi connectivity index (χ1v) is 11.3. The predicted octanol–water partition coefficient (Wildman–Crippen LogP) is 2.81. The summed E-state index contributed by atoms with van der Waals surface area (Å²) in [6, 6.07) is 17.3. The molecule has 6 nitrogen and oxygen atoms in total. The highest BCUT2D eigenvalue weighted by Gasteiger charge is 2.16. The van der Waals surface area contributed by atoms with Crippen LogP contribution in [-0.4, -0.2) is 26.3 Å². The Kier molecular flexibility index (Phi) is 8.80. The van der Waals surface area contributed by atoms with Gasteiger partial charge in [-0.1, -0.05) is 61.5 Å². The summed E-state index contributed by atoms with van der Waals surface area (Å²) in [5.41, 5.74) is 6.30. The van der Waals surface area contributed by atoms with E-state index in [0.29, 0.717) is 12.8 Å². The minimum Gasteiger partial charge on any atom is -0.369 e. The van der Waals surface area contributed by atoms with Crippen LogP contribution in [0, 0.1) is 12.3 Å². The fourth-order valence-electron chi connectivity index (χ4n) is 2.71. The molecular weight excluding hydrogens is 400 g/mol. The Morgan fingerprint density at radius 2 is 1.63 bits per heavy atom. The summed E-state index contributed by atoms with van der Waals surface area (Å²) in [5, 5.41) is 3.94. The van der Waals surface area contributed by atoms with Gasteiger partial charge in [0.1, 0.15) is 0 Å². The molecule has 2 amide bonds. The third kappa shape index (κ3) is 7.83. The van der Waals surface area contributed by atoms with Gasteiger partial charge in [0.25, 0.3) is 0 Å². The highest BCUT2D eigenvalue weighted by Crippen LogP contribution is 2.13. The molecule has 2 unspecified atom stereocenters. The maximum Gasteiger partial charge on any atom is 0.224 e. The summed E-state index contributed by atoms with van der Waals surface area (Å²) in [6.07, 6.45) is 4.27. The van der Waals surface area contributed by atoms with Crippen molar-refractivity contribution in [1.82, 2.24) is 5.32 Å². The molecule has 3 N–H and O–H groups in total. The van der Waals surface area contributed by atoms with Crippen LogP contribution in [0.5, 0.6) is 0 Å². The van der Waals surface area contributed by atoms with Crippen LogP contribution in [0.2, 0.25) is 0 Å². The second kappa shape index (κ2) is 11.3. The van der Waals surface area contributed by atoms with Crippen molar-refractivity contribution in [3.05, 3.63) is 84.1 Å². The van der Waals surface area contributed by atoms with Crippen LogP contribution in [0.3, 0.4) is 0 Å². The van der Waals surface area contributed by atoms with E-state index < -0.39 is 27.7 Å². The number of sulfone groups is 1. The van der Waals surface area contributed by atoms with E-state index in [2.05, 4.69) is 5.32 Å². The summed E-state index contributed by atoms with van der Waals surface area (Å²) >= 11 is 0. The number of aryl methyl sites for hydroxylation is 1. The number of benzene rings is 2. The lowest BCUT2D eigenvalue weighted by molar-refractivity contribution is -0.121. The van der Waals surface area contributed by atoms with E-state index >= 15 is 0 Å². The van der Waals surface area contributed by atoms with Crippen molar-refractivity contribution in [1.29, 1.82) is 0 Å². The molecule has 1 radical (unpaired) electrons. The molecule has 0 aromatic heterocycles. The van der Waals surface area contributed by atoms with Crippen molar-refractivity contribution < 1.29 is 18.0 Å².